The van der Waals surface area contributed by atoms with Gasteiger partial charge in [0.15, 0.2) is 11.9 Å². The minimum absolute atomic E-state index is 0.0360. The Morgan fingerprint density at radius 2 is 2.03 bits per heavy atom. The van der Waals surface area contributed by atoms with Crippen LogP contribution in [0.25, 0.3) is 0 Å². The van der Waals surface area contributed by atoms with Crippen molar-refractivity contribution in [3.05, 3.63) is 22.8 Å². The maximum absolute atomic E-state index is 13.7. The summed E-state index contributed by atoms with van der Waals surface area (Å²) in [5, 5.41) is 9.78. The lowest BCUT2D eigenvalue weighted by Gasteiger charge is -2.38. The van der Waals surface area contributed by atoms with E-state index in [0.29, 0.717) is 4.90 Å². The highest BCUT2D eigenvalue weighted by atomic mass is 19.4. The first kappa shape index (κ1) is 26.2. The molecule has 9 nitrogen and oxygen atoms in total. The highest BCUT2D eigenvalue weighted by Gasteiger charge is 2.48. The van der Waals surface area contributed by atoms with E-state index in [1.54, 1.807) is 0 Å². The van der Waals surface area contributed by atoms with Gasteiger partial charge in [-0.3, -0.25) is 9.59 Å². The SMILES string of the molecule is COCCc1nc2c(c(C(F)(F)F)n1)CCN(C(=O)C[C@@H](N)CN1C(=O)CCC(F)(F)C1O)C2. The van der Waals surface area contributed by atoms with Gasteiger partial charge in [-0.25, -0.2) is 18.7 Å². The molecule has 2 amide bonds. The van der Waals surface area contributed by atoms with Gasteiger partial charge in [0, 0.05) is 57.5 Å². The van der Waals surface area contributed by atoms with Crippen LogP contribution < -0.4 is 5.73 Å². The monoisotopic (exact) mass is 495 g/mol. The molecule has 3 N–H and O–H groups in total. The van der Waals surface area contributed by atoms with Crippen LogP contribution in [-0.2, 0) is 39.9 Å². The topological polar surface area (TPSA) is 122 Å². The molecule has 0 aromatic carbocycles. The van der Waals surface area contributed by atoms with Crippen molar-refractivity contribution in [3.8, 4) is 0 Å². The molecule has 0 bridgehead atoms. The zero-order chi connectivity index (χ0) is 25.3. The number of rotatable bonds is 7. The first-order valence-corrected chi connectivity index (χ1v) is 10.7. The molecule has 2 atom stereocenters. The van der Waals surface area contributed by atoms with E-state index >= 15 is 0 Å². The van der Waals surface area contributed by atoms with Crippen molar-refractivity contribution >= 4 is 11.8 Å². The number of hydrogen-bond acceptors (Lipinski definition) is 7. The number of carbonyl (C=O) groups is 2. The molecule has 2 aliphatic rings. The van der Waals surface area contributed by atoms with E-state index < -0.39 is 61.3 Å². The summed E-state index contributed by atoms with van der Waals surface area (Å²) in [5.41, 5.74) is 4.85. The Bertz CT molecular complexity index is 929. The third-order valence-corrected chi connectivity index (χ3v) is 5.80. The van der Waals surface area contributed by atoms with Crippen LogP contribution in [0.1, 0.15) is 42.0 Å². The van der Waals surface area contributed by atoms with Crippen LogP contribution in [-0.4, -0.2) is 81.7 Å². The second-order valence-electron chi connectivity index (χ2n) is 8.36. The van der Waals surface area contributed by atoms with Crippen molar-refractivity contribution < 1.29 is 41.4 Å². The number of amides is 2. The number of nitrogens with zero attached hydrogens (tertiary/aromatic N) is 4. The van der Waals surface area contributed by atoms with E-state index in [0.717, 1.165) is 0 Å². The van der Waals surface area contributed by atoms with E-state index in [-0.39, 0.29) is 56.0 Å². The summed E-state index contributed by atoms with van der Waals surface area (Å²) in [5.74, 6) is -4.77. The number of aliphatic hydroxyl groups is 1. The van der Waals surface area contributed by atoms with Crippen LogP contribution in [0.2, 0.25) is 0 Å². The molecule has 0 saturated carbocycles. The summed E-state index contributed by atoms with van der Waals surface area (Å²) in [4.78, 5) is 34.3. The third-order valence-electron chi connectivity index (χ3n) is 5.80. The molecule has 190 valence electrons. The number of halogens is 5. The maximum atomic E-state index is 13.7. The zero-order valence-electron chi connectivity index (χ0n) is 18.4. The molecule has 3 heterocycles. The number of hydrogen-bond donors (Lipinski definition) is 2. The Labute approximate surface area is 192 Å². The summed E-state index contributed by atoms with van der Waals surface area (Å²) in [6.45, 7) is -0.581. The predicted octanol–water partition coefficient (Wildman–Crippen LogP) is 0.863. The summed E-state index contributed by atoms with van der Waals surface area (Å²) in [7, 11) is 1.39. The van der Waals surface area contributed by atoms with Gasteiger partial charge in [0.05, 0.1) is 18.8 Å². The van der Waals surface area contributed by atoms with Gasteiger partial charge in [-0.15, -0.1) is 0 Å². The van der Waals surface area contributed by atoms with Crippen molar-refractivity contribution in [2.75, 3.05) is 26.8 Å². The maximum Gasteiger partial charge on any atom is 0.433 e. The van der Waals surface area contributed by atoms with Gasteiger partial charge in [-0.05, 0) is 6.42 Å². The zero-order valence-corrected chi connectivity index (χ0v) is 18.4. The van der Waals surface area contributed by atoms with E-state index in [9.17, 15) is 36.6 Å². The van der Waals surface area contributed by atoms with E-state index in [4.69, 9.17) is 10.5 Å². The van der Waals surface area contributed by atoms with Gasteiger partial charge in [0.25, 0.3) is 5.92 Å². The lowest BCUT2D eigenvalue weighted by molar-refractivity contribution is -0.205. The molecule has 34 heavy (non-hydrogen) atoms. The smallest absolute Gasteiger partial charge is 0.384 e. The van der Waals surface area contributed by atoms with Crippen molar-refractivity contribution in [1.29, 1.82) is 0 Å². The molecular formula is C20H26F5N5O4. The van der Waals surface area contributed by atoms with E-state index in [2.05, 4.69) is 9.97 Å². The van der Waals surface area contributed by atoms with Crippen LogP contribution in [0.5, 0.6) is 0 Å². The highest BCUT2D eigenvalue weighted by molar-refractivity contribution is 5.79. The minimum Gasteiger partial charge on any atom is -0.384 e. The predicted molar refractivity (Wildman–Crippen MR) is 106 cm³/mol. The summed E-state index contributed by atoms with van der Waals surface area (Å²) < 4.78 is 72.9. The van der Waals surface area contributed by atoms with E-state index in [1.807, 2.05) is 0 Å². The lowest BCUT2D eigenvalue weighted by Crippen LogP contribution is -2.58. The van der Waals surface area contributed by atoms with Crippen LogP contribution in [0.15, 0.2) is 0 Å². The van der Waals surface area contributed by atoms with Crippen molar-refractivity contribution in [2.45, 2.75) is 63.0 Å². The molecule has 0 aliphatic carbocycles. The fourth-order valence-corrected chi connectivity index (χ4v) is 4.02. The Morgan fingerprint density at radius 1 is 1.32 bits per heavy atom. The van der Waals surface area contributed by atoms with Crippen LogP contribution in [0.3, 0.4) is 0 Å². The molecule has 3 rings (SSSR count). The molecule has 1 aromatic heterocycles. The van der Waals surface area contributed by atoms with Crippen molar-refractivity contribution in [3.63, 3.8) is 0 Å². The van der Waals surface area contributed by atoms with Crippen LogP contribution in [0.4, 0.5) is 22.0 Å². The number of carbonyl (C=O) groups excluding carboxylic acids is 2. The standard InChI is InChI=1S/C20H26F5N5O4/c1-34-7-4-14-27-13-10-29(6-3-12(13)17(28-14)20(23,24)25)16(32)8-11(26)9-30-15(31)2-5-19(21,22)18(30)33/h11,18,33H,2-10,26H2,1H3/t11-,18?/m1/s1. The number of fused-ring (bicyclic) bond motifs is 1. The minimum atomic E-state index is -4.69. The Balaban J connectivity index is 1.69. The summed E-state index contributed by atoms with van der Waals surface area (Å²) in [6, 6.07) is -1.06. The molecule has 0 radical (unpaired) electrons. The average molecular weight is 495 g/mol. The largest absolute Gasteiger partial charge is 0.433 e. The number of methoxy groups -OCH3 is 1. The first-order chi connectivity index (χ1) is 15.8. The lowest BCUT2D eigenvalue weighted by atomic mass is 10.0. The summed E-state index contributed by atoms with van der Waals surface area (Å²) in [6.07, 6.45) is -8.68. The Kier molecular flexibility index (Phi) is 7.72. The number of ether oxygens (including phenoxy) is 1. The molecule has 0 spiro atoms. The van der Waals surface area contributed by atoms with Gasteiger partial charge in [0.2, 0.25) is 11.8 Å². The number of nitrogens with two attached hydrogens (primary N) is 1. The number of aromatic nitrogens is 2. The second kappa shape index (κ2) is 10.0. The molecular weight excluding hydrogens is 469 g/mol. The van der Waals surface area contributed by atoms with Crippen LogP contribution >= 0.6 is 0 Å². The van der Waals surface area contributed by atoms with E-state index in [1.165, 1.54) is 12.0 Å². The number of aliphatic hydroxyl groups excluding tert-OH is 1. The first-order valence-electron chi connectivity index (χ1n) is 10.7. The Morgan fingerprint density at radius 3 is 2.68 bits per heavy atom. The van der Waals surface area contributed by atoms with Crippen LogP contribution in [0, 0.1) is 0 Å². The Hall–Kier alpha value is -2.45. The van der Waals surface area contributed by atoms with Gasteiger partial charge in [-0.1, -0.05) is 0 Å². The fraction of sp³-hybridized carbons (Fsp3) is 0.700. The van der Waals surface area contributed by atoms with Crippen molar-refractivity contribution in [2.24, 2.45) is 5.73 Å². The fourth-order valence-electron chi connectivity index (χ4n) is 4.02. The highest BCUT2D eigenvalue weighted by Crippen LogP contribution is 2.34. The molecule has 1 saturated heterocycles. The quantitative estimate of drug-likeness (QED) is 0.538. The average Bonchev–Trinajstić information content (AvgIpc) is 2.76. The molecule has 2 aliphatic heterocycles. The molecule has 14 heteroatoms. The molecule has 1 fully saturated rings. The molecule has 1 aromatic rings. The number of piperidine rings is 1. The number of likely N-dealkylation sites (tertiary alicyclic amines) is 1. The third kappa shape index (κ3) is 5.78. The molecule has 1 unspecified atom stereocenters. The second-order valence-corrected chi connectivity index (χ2v) is 8.36. The van der Waals surface area contributed by atoms with Gasteiger partial charge < -0.3 is 25.4 Å². The summed E-state index contributed by atoms with van der Waals surface area (Å²) >= 11 is 0. The normalized spacial score (nSPS) is 21.4. The van der Waals surface area contributed by atoms with Gasteiger partial charge in [-0.2, -0.15) is 13.2 Å². The van der Waals surface area contributed by atoms with Gasteiger partial charge >= 0.3 is 6.18 Å². The number of alkyl halides is 5. The van der Waals surface area contributed by atoms with Gasteiger partial charge in [0.1, 0.15) is 5.82 Å². The van der Waals surface area contributed by atoms with Crippen molar-refractivity contribution in [1.82, 2.24) is 19.8 Å².